The van der Waals surface area contributed by atoms with Crippen LogP contribution in [0.25, 0.3) is 0 Å². The molecule has 3 nitrogen and oxygen atoms in total. The Morgan fingerprint density at radius 1 is 1.29 bits per heavy atom. The van der Waals surface area contributed by atoms with Crippen molar-refractivity contribution in [3.63, 3.8) is 0 Å². The average molecular weight is 215 g/mol. The zero-order valence-corrected chi connectivity index (χ0v) is 8.18. The van der Waals surface area contributed by atoms with Gasteiger partial charge in [-0.15, -0.1) is 13.2 Å². The molecule has 0 aliphatic carbocycles. The highest BCUT2D eigenvalue weighted by atomic mass is 19.4. The van der Waals surface area contributed by atoms with Gasteiger partial charge in [0.2, 0.25) is 0 Å². The maximum Gasteiger partial charge on any atom is 0.522 e. The van der Waals surface area contributed by atoms with Crippen LogP contribution in [0.5, 0.6) is 0 Å². The van der Waals surface area contributed by atoms with Gasteiger partial charge in [0.25, 0.3) is 0 Å². The molecule has 0 unspecified atom stereocenters. The maximum absolute atomic E-state index is 11.6. The normalized spacial score (nSPS) is 12.4. The van der Waals surface area contributed by atoms with Crippen LogP contribution in [-0.4, -0.2) is 49.2 Å². The smallest absolute Gasteiger partial charge is 0.396 e. The van der Waals surface area contributed by atoms with E-state index in [0.717, 1.165) is 0 Å². The fourth-order valence-corrected chi connectivity index (χ4v) is 1.01. The van der Waals surface area contributed by atoms with Crippen LogP contribution in [0.4, 0.5) is 13.2 Å². The molecule has 0 rings (SSSR count). The summed E-state index contributed by atoms with van der Waals surface area (Å²) in [6.45, 7) is 3.02. The quantitative estimate of drug-likeness (QED) is 0.693. The summed E-state index contributed by atoms with van der Waals surface area (Å²) in [5.74, 6) is 0. The van der Waals surface area contributed by atoms with E-state index < -0.39 is 6.36 Å². The third kappa shape index (κ3) is 8.28. The number of halogens is 3. The first-order valence-electron chi connectivity index (χ1n) is 4.53. The molecule has 0 aromatic heterocycles. The second kappa shape index (κ2) is 7.03. The van der Waals surface area contributed by atoms with Gasteiger partial charge in [0.1, 0.15) is 0 Å². The van der Waals surface area contributed by atoms with Crippen molar-refractivity contribution in [2.45, 2.75) is 19.7 Å². The summed E-state index contributed by atoms with van der Waals surface area (Å²) >= 11 is 0. The maximum atomic E-state index is 11.6. The average Bonchev–Trinajstić information content (AvgIpc) is 2.09. The molecule has 86 valence electrons. The van der Waals surface area contributed by atoms with Crippen molar-refractivity contribution in [1.82, 2.24) is 4.90 Å². The minimum absolute atomic E-state index is 0.0522. The van der Waals surface area contributed by atoms with Crippen molar-refractivity contribution in [3.05, 3.63) is 0 Å². The highest BCUT2D eigenvalue weighted by Gasteiger charge is 2.28. The number of aliphatic hydroxyl groups is 1. The van der Waals surface area contributed by atoms with Gasteiger partial charge in [-0.1, -0.05) is 6.92 Å². The van der Waals surface area contributed by atoms with E-state index in [1.165, 1.54) is 0 Å². The highest BCUT2D eigenvalue weighted by molar-refractivity contribution is 4.54. The number of nitrogens with zero attached hydrogens (tertiary/aromatic N) is 1. The summed E-state index contributed by atoms with van der Waals surface area (Å²) in [6, 6.07) is 0. The van der Waals surface area contributed by atoms with E-state index in [9.17, 15) is 13.2 Å². The number of hydrogen-bond donors (Lipinski definition) is 1. The summed E-state index contributed by atoms with van der Waals surface area (Å²) in [4.78, 5) is 1.79. The van der Waals surface area contributed by atoms with E-state index in [4.69, 9.17) is 5.11 Å². The molecule has 0 aliphatic heterocycles. The molecule has 1 N–H and O–H groups in total. The Labute approximate surface area is 81.5 Å². The zero-order valence-electron chi connectivity index (χ0n) is 8.18. The lowest BCUT2D eigenvalue weighted by atomic mass is 10.4. The fraction of sp³-hybridized carbons (Fsp3) is 1.00. The number of likely N-dealkylation sites (N-methyl/N-ethyl adjacent to an activating group) is 1. The fourth-order valence-electron chi connectivity index (χ4n) is 1.01. The van der Waals surface area contributed by atoms with E-state index in [2.05, 4.69) is 4.74 Å². The van der Waals surface area contributed by atoms with E-state index in [-0.39, 0.29) is 19.8 Å². The van der Waals surface area contributed by atoms with Gasteiger partial charge in [0.05, 0.1) is 6.61 Å². The van der Waals surface area contributed by atoms with E-state index in [1.807, 2.05) is 6.92 Å². The van der Waals surface area contributed by atoms with Gasteiger partial charge in [-0.25, -0.2) is 0 Å². The third-order valence-corrected chi connectivity index (χ3v) is 1.75. The Morgan fingerprint density at radius 2 is 1.93 bits per heavy atom. The van der Waals surface area contributed by atoms with Gasteiger partial charge in [0, 0.05) is 19.7 Å². The summed E-state index contributed by atoms with van der Waals surface area (Å²) in [5, 5.41) is 8.53. The summed E-state index contributed by atoms with van der Waals surface area (Å²) in [5.41, 5.74) is 0. The van der Waals surface area contributed by atoms with E-state index in [1.54, 1.807) is 4.90 Å². The van der Waals surface area contributed by atoms with E-state index >= 15 is 0 Å². The number of rotatable bonds is 7. The molecule has 0 aliphatic rings. The van der Waals surface area contributed by atoms with Crippen LogP contribution in [-0.2, 0) is 4.74 Å². The molecule has 0 radical (unpaired) electrons. The Kier molecular flexibility index (Phi) is 6.86. The molecule has 14 heavy (non-hydrogen) atoms. The van der Waals surface area contributed by atoms with Crippen molar-refractivity contribution in [2.75, 3.05) is 32.8 Å². The van der Waals surface area contributed by atoms with Crippen molar-refractivity contribution in [2.24, 2.45) is 0 Å². The van der Waals surface area contributed by atoms with Crippen molar-refractivity contribution in [3.8, 4) is 0 Å². The molecule has 0 atom stereocenters. The first-order chi connectivity index (χ1) is 6.49. The van der Waals surface area contributed by atoms with Crippen LogP contribution in [0.15, 0.2) is 0 Å². The predicted octanol–water partition coefficient (Wildman–Crippen LogP) is 1.23. The topological polar surface area (TPSA) is 32.7 Å². The Morgan fingerprint density at radius 3 is 2.36 bits per heavy atom. The molecule has 0 saturated heterocycles. The Bertz CT molecular complexity index is 141. The summed E-state index contributed by atoms with van der Waals surface area (Å²) < 4.78 is 38.4. The second-order valence-electron chi connectivity index (χ2n) is 2.81. The van der Waals surface area contributed by atoms with Gasteiger partial charge in [-0.05, 0) is 13.0 Å². The number of alkyl halides is 3. The molecular weight excluding hydrogens is 199 g/mol. The standard InChI is InChI=1S/C8H16F3NO2/c1-2-12(4-3-6-13)5-7-14-8(9,10)11/h13H,2-7H2,1H3. The SMILES string of the molecule is CCN(CCCO)CCOC(F)(F)F. The van der Waals surface area contributed by atoms with Crippen molar-refractivity contribution in [1.29, 1.82) is 0 Å². The molecule has 0 heterocycles. The molecule has 0 spiro atoms. The molecule has 0 aromatic carbocycles. The van der Waals surface area contributed by atoms with Gasteiger partial charge in [-0.3, -0.25) is 4.74 Å². The number of hydrogen-bond acceptors (Lipinski definition) is 3. The largest absolute Gasteiger partial charge is 0.522 e. The lowest BCUT2D eigenvalue weighted by Gasteiger charge is -2.19. The van der Waals surface area contributed by atoms with Crippen LogP contribution in [0, 0.1) is 0 Å². The predicted molar refractivity (Wildman–Crippen MR) is 45.8 cm³/mol. The second-order valence-corrected chi connectivity index (χ2v) is 2.81. The Hall–Kier alpha value is -0.330. The van der Waals surface area contributed by atoms with Crippen LogP contribution in [0.2, 0.25) is 0 Å². The summed E-state index contributed by atoms with van der Waals surface area (Å²) in [6.07, 6.45) is -3.98. The van der Waals surface area contributed by atoms with Gasteiger partial charge >= 0.3 is 6.36 Å². The van der Waals surface area contributed by atoms with Crippen LogP contribution < -0.4 is 0 Å². The first-order valence-corrected chi connectivity index (χ1v) is 4.53. The van der Waals surface area contributed by atoms with Gasteiger partial charge < -0.3 is 10.0 Å². The molecule has 6 heteroatoms. The van der Waals surface area contributed by atoms with Gasteiger partial charge in [0.15, 0.2) is 0 Å². The molecule has 0 bridgehead atoms. The van der Waals surface area contributed by atoms with Crippen LogP contribution >= 0.6 is 0 Å². The molecule has 0 amide bonds. The highest BCUT2D eigenvalue weighted by Crippen LogP contribution is 2.15. The lowest BCUT2D eigenvalue weighted by molar-refractivity contribution is -0.325. The van der Waals surface area contributed by atoms with Crippen LogP contribution in [0.1, 0.15) is 13.3 Å². The monoisotopic (exact) mass is 215 g/mol. The third-order valence-electron chi connectivity index (χ3n) is 1.75. The van der Waals surface area contributed by atoms with E-state index in [0.29, 0.717) is 19.5 Å². The first kappa shape index (κ1) is 13.7. The zero-order chi connectivity index (χ0) is 11.0. The lowest BCUT2D eigenvalue weighted by Crippen LogP contribution is -2.30. The molecular formula is C8H16F3NO2. The van der Waals surface area contributed by atoms with Crippen molar-refractivity contribution < 1.29 is 23.0 Å². The molecule has 0 fully saturated rings. The number of aliphatic hydroxyl groups excluding tert-OH is 1. The number of ether oxygens (including phenoxy) is 1. The molecule has 0 saturated carbocycles. The van der Waals surface area contributed by atoms with Crippen molar-refractivity contribution >= 4 is 0 Å². The summed E-state index contributed by atoms with van der Waals surface area (Å²) in [7, 11) is 0. The minimum atomic E-state index is -4.55. The minimum Gasteiger partial charge on any atom is -0.396 e. The Balaban J connectivity index is 3.52. The molecule has 0 aromatic rings. The van der Waals surface area contributed by atoms with Crippen LogP contribution in [0.3, 0.4) is 0 Å². The van der Waals surface area contributed by atoms with Gasteiger partial charge in [-0.2, -0.15) is 0 Å².